The van der Waals surface area contributed by atoms with E-state index in [2.05, 4.69) is 16.1 Å². The maximum atomic E-state index is 10.4. The molecule has 10 heavy (non-hydrogen) atoms. The van der Waals surface area contributed by atoms with E-state index in [1.54, 1.807) is 6.92 Å². The molecular formula is C6H9ClO3. The number of rotatable bonds is 3. The van der Waals surface area contributed by atoms with Crippen LogP contribution in [0.25, 0.3) is 0 Å². The van der Waals surface area contributed by atoms with Gasteiger partial charge in [0, 0.05) is 5.03 Å². The summed E-state index contributed by atoms with van der Waals surface area (Å²) >= 11 is 5.29. The van der Waals surface area contributed by atoms with Crippen molar-refractivity contribution in [2.45, 2.75) is 6.92 Å². The number of halogens is 1. The molecule has 0 saturated heterocycles. The molecule has 0 saturated carbocycles. The Morgan fingerprint density at radius 2 is 2.20 bits per heavy atom. The lowest BCUT2D eigenvalue weighted by atomic mass is 10.7. The molecule has 4 heteroatoms. The lowest BCUT2D eigenvalue weighted by Crippen LogP contribution is -2.07. The van der Waals surface area contributed by atoms with Crippen molar-refractivity contribution >= 4 is 17.8 Å². The van der Waals surface area contributed by atoms with Crippen LogP contribution in [0.2, 0.25) is 0 Å². The molecule has 0 aliphatic heterocycles. The molecule has 0 aromatic carbocycles. The van der Waals surface area contributed by atoms with Gasteiger partial charge < -0.3 is 9.47 Å². The van der Waals surface area contributed by atoms with Crippen LogP contribution in [0, 0.1) is 0 Å². The van der Waals surface area contributed by atoms with Crippen molar-refractivity contribution in [1.29, 1.82) is 0 Å². The predicted molar refractivity (Wildman–Crippen MR) is 38.0 cm³/mol. The summed E-state index contributed by atoms with van der Waals surface area (Å²) < 4.78 is 8.88. The molecule has 0 aromatic rings. The average molecular weight is 165 g/mol. The van der Waals surface area contributed by atoms with Crippen molar-refractivity contribution < 1.29 is 14.3 Å². The van der Waals surface area contributed by atoms with Crippen LogP contribution in [0.15, 0.2) is 11.6 Å². The fourth-order valence-corrected chi connectivity index (χ4v) is 0.351. The first-order chi connectivity index (χ1) is 4.66. The summed E-state index contributed by atoms with van der Waals surface area (Å²) in [6, 6.07) is 0. The predicted octanol–water partition coefficient (Wildman–Crippen LogP) is 1.91. The maximum Gasteiger partial charge on any atom is 0.508 e. The molecule has 0 bridgehead atoms. The zero-order chi connectivity index (χ0) is 7.98. The van der Waals surface area contributed by atoms with Crippen LogP contribution in [0.1, 0.15) is 6.92 Å². The Morgan fingerprint density at radius 1 is 1.60 bits per heavy atom. The van der Waals surface area contributed by atoms with Gasteiger partial charge in [0.2, 0.25) is 0 Å². The van der Waals surface area contributed by atoms with Crippen LogP contribution in [0.5, 0.6) is 0 Å². The second-order valence-electron chi connectivity index (χ2n) is 1.49. The molecule has 0 fully saturated rings. The fraction of sp³-hybridized carbons (Fsp3) is 0.500. The third-order valence-electron chi connectivity index (χ3n) is 0.609. The van der Waals surface area contributed by atoms with E-state index >= 15 is 0 Å². The number of carbonyl (C=O) groups excluding carboxylic acids is 1. The highest BCUT2D eigenvalue weighted by Crippen LogP contribution is 1.97. The van der Waals surface area contributed by atoms with E-state index in [-0.39, 0.29) is 11.6 Å². The maximum absolute atomic E-state index is 10.4. The van der Waals surface area contributed by atoms with Gasteiger partial charge in [0.1, 0.15) is 6.61 Å². The van der Waals surface area contributed by atoms with E-state index in [1.165, 1.54) is 0 Å². The minimum atomic E-state index is -0.718. The summed E-state index contributed by atoms with van der Waals surface area (Å²) in [4.78, 5) is 10.4. The first-order valence-corrected chi connectivity index (χ1v) is 3.17. The molecule has 0 unspecified atom stereocenters. The second-order valence-corrected chi connectivity index (χ2v) is 2.02. The Labute approximate surface area is 64.6 Å². The van der Waals surface area contributed by atoms with E-state index < -0.39 is 6.16 Å². The lowest BCUT2D eigenvalue weighted by Gasteiger charge is -2.01. The summed E-state index contributed by atoms with van der Waals surface area (Å²) in [6.07, 6.45) is -0.718. The van der Waals surface area contributed by atoms with Gasteiger partial charge in [-0.1, -0.05) is 18.2 Å². The van der Waals surface area contributed by atoms with Gasteiger partial charge in [-0.2, -0.15) is 0 Å². The third-order valence-corrected chi connectivity index (χ3v) is 0.718. The fourth-order valence-electron chi connectivity index (χ4n) is 0.297. The number of hydrogen-bond acceptors (Lipinski definition) is 3. The van der Waals surface area contributed by atoms with Gasteiger partial charge in [-0.05, 0) is 6.92 Å². The molecule has 0 aliphatic rings. The van der Waals surface area contributed by atoms with Crippen molar-refractivity contribution in [3.63, 3.8) is 0 Å². The third kappa shape index (κ3) is 5.44. The average Bonchev–Trinajstić information content (AvgIpc) is 1.85. The second kappa shape index (κ2) is 5.11. The van der Waals surface area contributed by atoms with Crippen LogP contribution in [0.3, 0.4) is 0 Å². The Hall–Kier alpha value is -0.700. The minimum Gasteiger partial charge on any atom is -0.435 e. The monoisotopic (exact) mass is 164 g/mol. The molecule has 0 radical (unpaired) electrons. The summed E-state index contributed by atoms with van der Waals surface area (Å²) in [5.41, 5.74) is 0. The van der Waals surface area contributed by atoms with Gasteiger partial charge in [-0.3, -0.25) is 0 Å². The zero-order valence-electron chi connectivity index (χ0n) is 5.72. The molecule has 0 aromatic heterocycles. The summed E-state index contributed by atoms with van der Waals surface area (Å²) in [5.74, 6) is 0. The van der Waals surface area contributed by atoms with Crippen molar-refractivity contribution in [3.05, 3.63) is 11.6 Å². The van der Waals surface area contributed by atoms with Crippen molar-refractivity contribution in [3.8, 4) is 0 Å². The normalized spacial score (nSPS) is 8.60. The molecule has 0 heterocycles. The highest BCUT2D eigenvalue weighted by molar-refractivity contribution is 6.29. The molecule has 0 N–H and O–H groups in total. The highest BCUT2D eigenvalue weighted by atomic mass is 35.5. The van der Waals surface area contributed by atoms with Gasteiger partial charge in [-0.25, -0.2) is 4.79 Å². The van der Waals surface area contributed by atoms with Crippen LogP contribution < -0.4 is 0 Å². The Morgan fingerprint density at radius 3 is 2.60 bits per heavy atom. The van der Waals surface area contributed by atoms with E-state index in [9.17, 15) is 4.79 Å². The molecule has 0 spiro atoms. The van der Waals surface area contributed by atoms with Crippen LogP contribution in [-0.2, 0) is 9.47 Å². The zero-order valence-corrected chi connectivity index (χ0v) is 6.48. The van der Waals surface area contributed by atoms with Gasteiger partial charge in [0.25, 0.3) is 0 Å². The first-order valence-electron chi connectivity index (χ1n) is 2.79. The lowest BCUT2D eigenvalue weighted by molar-refractivity contribution is 0.0667. The molecule has 3 nitrogen and oxygen atoms in total. The van der Waals surface area contributed by atoms with Gasteiger partial charge in [0.05, 0.1) is 6.61 Å². The van der Waals surface area contributed by atoms with Crippen molar-refractivity contribution in [1.82, 2.24) is 0 Å². The minimum absolute atomic E-state index is 0.000386. The molecule has 0 aliphatic carbocycles. The Kier molecular flexibility index (Phi) is 4.76. The Balaban J connectivity index is 3.30. The van der Waals surface area contributed by atoms with E-state index in [0.717, 1.165) is 0 Å². The van der Waals surface area contributed by atoms with Crippen LogP contribution in [-0.4, -0.2) is 19.4 Å². The number of carbonyl (C=O) groups is 1. The smallest absolute Gasteiger partial charge is 0.435 e. The van der Waals surface area contributed by atoms with Gasteiger partial charge >= 0.3 is 6.16 Å². The summed E-state index contributed by atoms with van der Waals surface area (Å²) in [6.45, 7) is 5.31. The largest absolute Gasteiger partial charge is 0.508 e. The molecule has 0 atom stereocenters. The number of ether oxygens (including phenoxy) is 2. The number of hydrogen-bond donors (Lipinski definition) is 0. The highest BCUT2D eigenvalue weighted by Gasteiger charge is 2.00. The molecular weight excluding hydrogens is 156 g/mol. The van der Waals surface area contributed by atoms with Gasteiger partial charge in [0.15, 0.2) is 0 Å². The molecule has 0 amide bonds. The van der Waals surface area contributed by atoms with E-state index in [4.69, 9.17) is 11.6 Å². The topological polar surface area (TPSA) is 35.5 Å². The standard InChI is InChI=1S/C6H9ClO3/c1-3-9-6(8)10-4-5(2)7/h2-4H2,1H3. The first kappa shape index (κ1) is 9.30. The SMILES string of the molecule is C=C(Cl)COC(=O)OCC. The van der Waals surface area contributed by atoms with E-state index in [1.807, 2.05) is 0 Å². The summed E-state index contributed by atoms with van der Waals surface area (Å²) in [7, 11) is 0. The van der Waals surface area contributed by atoms with Crippen molar-refractivity contribution in [2.75, 3.05) is 13.2 Å². The van der Waals surface area contributed by atoms with Gasteiger partial charge in [-0.15, -0.1) is 0 Å². The summed E-state index contributed by atoms with van der Waals surface area (Å²) in [5, 5.41) is 0.271. The molecule has 58 valence electrons. The quantitative estimate of drug-likeness (QED) is 0.598. The Bertz CT molecular complexity index is 133. The van der Waals surface area contributed by atoms with Crippen LogP contribution in [0.4, 0.5) is 4.79 Å². The van der Waals surface area contributed by atoms with E-state index in [0.29, 0.717) is 6.61 Å². The van der Waals surface area contributed by atoms with Crippen LogP contribution >= 0.6 is 11.6 Å². The van der Waals surface area contributed by atoms with Crippen molar-refractivity contribution in [2.24, 2.45) is 0 Å². The molecule has 0 rings (SSSR count).